The summed E-state index contributed by atoms with van der Waals surface area (Å²) in [5.41, 5.74) is 5.61. The monoisotopic (exact) mass is 525 g/mol. The highest BCUT2D eigenvalue weighted by Crippen LogP contribution is 2.38. The highest BCUT2D eigenvalue weighted by Gasteiger charge is 2.35. The molecule has 2 aromatic carbocycles. The van der Waals surface area contributed by atoms with Crippen LogP contribution < -0.4 is 10.5 Å². The first-order valence-electron chi connectivity index (χ1n) is 10.4. The zero-order valence-electron chi connectivity index (χ0n) is 18.5. The van der Waals surface area contributed by atoms with Crippen molar-refractivity contribution in [1.29, 1.82) is 0 Å². The van der Waals surface area contributed by atoms with Crippen molar-refractivity contribution < 1.29 is 41.9 Å². The van der Waals surface area contributed by atoms with Crippen LogP contribution in [0.15, 0.2) is 36.4 Å². The average molecular weight is 526 g/mol. The number of alkyl halides is 3. The third-order valence-corrected chi connectivity index (χ3v) is 6.08. The van der Waals surface area contributed by atoms with Gasteiger partial charge in [0.15, 0.2) is 0 Å². The van der Waals surface area contributed by atoms with Crippen LogP contribution in [-0.2, 0) is 28.1 Å². The van der Waals surface area contributed by atoms with Gasteiger partial charge in [-0.3, -0.25) is 4.52 Å². The van der Waals surface area contributed by atoms with Gasteiger partial charge in [-0.05, 0) is 67.5 Å². The molecule has 12 heteroatoms. The van der Waals surface area contributed by atoms with Crippen molar-refractivity contribution in [3.05, 3.63) is 63.7 Å². The molecule has 0 spiro atoms. The summed E-state index contributed by atoms with van der Waals surface area (Å²) in [6.45, 7) is 0.626. The van der Waals surface area contributed by atoms with E-state index in [1.165, 1.54) is 12.1 Å². The molecular weight excluding hydrogens is 498 g/mol. The molecule has 5 N–H and O–H groups in total. The fourth-order valence-corrected chi connectivity index (χ4v) is 3.75. The molecule has 0 radical (unpaired) electrons. The number of hydrogen-bond donors (Lipinski definition) is 4. The van der Waals surface area contributed by atoms with Crippen LogP contribution in [0.2, 0.25) is 5.02 Å². The van der Waals surface area contributed by atoms with Crippen molar-refractivity contribution in [3.8, 4) is 5.75 Å². The van der Waals surface area contributed by atoms with Gasteiger partial charge in [-0.1, -0.05) is 29.8 Å². The summed E-state index contributed by atoms with van der Waals surface area (Å²) in [7, 11) is -4.81. The Hall–Kier alpha value is -1.65. The van der Waals surface area contributed by atoms with Crippen molar-refractivity contribution in [2.75, 3.05) is 19.8 Å². The van der Waals surface area contributed by atoms with Gasteiger partial charge in [-0.2, -0.15) is 13.2 Å². The van der Waals surface area contributed by atoms with Gasteiger partial charge < -0.3 is 25.4 Å². The SMILES string of the molecule is Cc1cc(CCCOc2ccc(CCC(N)(CO)COP(=O)(O)O)cc2C(F)(F)F)ccc1Cl. The number of aliphatic hydroxyl groups is 1. The molecule has 0 heterocycles. The number of aliphatic hydroxyl groups excluding tert-OH is 1. The summed E-state index contributed by atoms with van der Waals surface area (Å²) in [4.78, 5) is 17.6. The van der Waals surface area contributed by atoms with Gasteiger partial charge in [0, 0.05) is 5.02 Å². The van der Waals surface area contributed by atoms with E-state index in [1.54, 1.807) is 6.07 Å². The van der Waals surface area contributed by atoms with Crippen molar-refractivity contribution in [1.82, 2.24) is 0 Å². The van der Waals surface area contributed by atoms with Crippen LogP contribution in [0.25, 0.3) is 0 Å². The predicted octanol–water partition coefficient (Wildman–Crippen LogP) is 4.41. The fraction of sp³-hybridized carbons (Fsp3) is 0.455. The average Bonchev–Trinajstić information content (AvgIpc) is 2.75. The Morgan fingerprint density at radius 2 is 1.74 bits per heavy atom. The van der Waals surface area contributed by atoms with Crippen LogP contribution in [0.4, 0.5) is 13.2 Å². The molecule has 0 aliphatic carbocycles. The minimum absolute atomic E-state index is 0.0147. The van der Waals surface area contributed by atoms with E-state index in [0.717, 1.165) is 17.2 Å². The third kappa shape index (κ3) is 9.19. The van der Waals surface area contributed by atoms with Crippen LogP contribution in [-0.4, -0.2) is 40.3 Å². The van der Waals surface area contributed by atoms with Crippen molar-refractivity contribution in [3.63, 3.8) is 0 Å². The lowest BCUT2D eigenvalue weighted by Gasteiger charge is -2.27. The molecule has 0 fully saturated rings. The number of aryl methyl sites for hydroxylation is 3. The molecule has 7 nitrogen and oxygen atoms in total. The maximum Gasteiger partial charge on any atom is 0.469 e. The molecule has 0 amide bonds. The second-order valence-corrected chi connectivity index (χ2v) is 9.79. The zero-order valence-corrected chi connectivity index (χ0v) is 20.2. The Balaban J connectivity index is 2.02. The summed E-state index contributed by atoms with van der Waals surface area (Å²) in [6, 6.07) is 9.19. The molecule has 190 valence electrons. The minimum Gasteiger partial charge on any atom is -0.493 e. The molecule has 0 aromatic heterocycles. The van der Waals surface area contributed by atoms with E-state index in [4.69, 9.17) is 31.9 Å². The summed E-state index contributed by atoms with van der Waals surface area (Å²) >= 11 is 6.00. The summed E-state index contributed by atoms with van der Waals surface area (Å²) < 4.78 is 61.5. The molecule has 2 aromatic rings. The molecule has 34 heavy (non-hydrogen) atoms. The van der Waals surface area contributed by atoms with Gasteiger partial charge >= 0.3 is 14.0 Å². The predicted molar refractivity (Wildman–Crippen MR) is 122 cm³/mol. The highest BCUT2D eigenvalue weighted by atomic mass is 35.5. The second-order valence-electron chi connectivity index (χ2n) is 8.15. The standard InChI is InChI=1S/C22H28ClF3NO6P/c1-15-11-16(4-6-19(15)23)3-2-10-32-20-7-5-17(12-18(20)22(24,25)26)8-9-21(27,13-28)14-33-34(29,30)31/h4-7,11-12,28H,2-3,8-10,13-14,27H2,1H3,(H2,29,30,31). The number of nitrogens with two attached hydrogens (primary N) is 1. The van der Waals surface area contributed by atoms with E-state index in [-0.39, 0.29) is 30.8 Å². The molecule has 1 unspecified atom stereocenters. The number of benzene rings is 2. The van der Waals surface area contributed by atoms with E-state index >= 15 is 0 Å². The molecule has 0 bridgehead atoms. The summed E-state index contributed by atoms with van der Waals surface area (Å²) in [5.74, 6) is -0.297. The molecular formula is C22H28ClF3NO6P. The quantitative estimate of drug-likeness (QED) is 0.239. The van der Waals surface area contributed by atoms with E-state index in [0.29, 0.717) is 17.9 Å². The molecule has 2 rings (SSSR count). The Morgan fingerprint density at radius 1 is 1.09 bits per heavy atom. The highest BCUT2D eigenvalue weighted by molar-refractivity contribution is 7.46. The van der Waals surface area contributed by atoms with E-state index in [9.17, 15) is 22.8 Å². The Bertz CT molecular complexity index is 1020. The van der Waals surface area contributed by atoms with E-state index in [2.05, 4.69) is 4.52 Å². The minimum atomic E-state index is -4.81. The fourth-order valence-electron chi connectivity index (χ4n) is 3.20. The molecule has 0 aliphatic rings. The third-order valence-electron chi connectivity index (χ3n) is 5.19. The zero-order chi connectivity index (χ0) is 25.6. The number of phosphoric ester groups is 1. The second kappa shape index (κ2) is 11.9. The van der Waals surface area contributed by atoms with Gasteiger partial charge in [-0.15, -0.1) is 0 Å². The molecule has 0 saturated carbocycles. The van der Waals surface area contributed by atoms with Gasteiger partial charge in [0.25, 0.3) is 0 Å². The van der Waals surface area contributed by atoms with Crippen LogP contribution in [0.5, 0.6) is 5.75 Å². The number of ether oxygens (including phenoxy) is 1. The normalized spacial score (nSPS) is 14.1. The van der Waals surface area contributed by atoms with Crippen molar-refractivity contribution in [2.24, 2.45) is 5.73 Å². The Labute approximate surface area is 200 Å². The van der Waals surface area contributed by atoms with Gasteiger partial charge in [0.2, 0.25) is 0 Å². The Kier molecular flexibility index (Phi) is 9.97. The maximum atomic E-state index is 13.6. The first kappa shape index (κ1) is 28.6. The lowest BCUT2D eigenvalue weighted by molar-refractivity contribution is -0.139. The number of halogens is 4. The van der Waals surface area contributed by atoms with Crippen molar-refractivity contribution >= 4 is 19.4 Å². The maximum absolute atomic E-state index is 13.6. The van der Waals surface area contributed by atoms with Crippen LogP contribution in [0, 0.1) is 6.92 Å². The summed E-state index contributed by atoms with van der Waals surface area (Å²) in [6.07, 6.45) is -3.58. The van der Waals surface area contributed by atoms with E-state index < -0.39 is 38.3 Å². The van der Waals surface area contributed by atoms with Crippen LogP contribution in [0.3, 0.4) is 0 Å². The summed E-state index contributed by atoms with van der Waals surface area (Å²) in [5, 5.41) is 10.1. The largest absolute Gasteiger partial charge is 0.493 e. The first-order chi connectivity index (χ1) is 15.7. The lowest BCUT2D eigenvalue weighted by Crippen LogP contribution is -2.48. The lowest BCUT2D eigenvalue weighted by atomic mass is 9.93. The number of rotatable bonds is 12. The van der Waals surface area contributed by atoms with Gasteiger partial charge in [0.05, 0.1) is 30.9 Å². The number of phosphoric acid groups is 1. The molecule has 0 saturated heterocycles. The van der Waals surface area contributed by atoms with E-state index in [1.807, 2.05) is 19.1 Å². The van der Waals surface area contributed by atoms with Crippen LogP contribution in [0.1, 0.15) is 35.1 Å². The Morgan fingerprint density at radius 3 is 2.32 bits per heavy atom. The van der Waals surface area contributed by atoms with Crippen molar-refractivity contribution in [2.45, 2.75) is 44.3 Å². The van der Waals surface area contributed by atoms with Crippen LogP contribution >= 0.6 is 19.4 Å². The molecule has 1 atom stereocenters. The van der Waals surface area contributed by atoms with Gasteiger partial charge in [-0.25, -0.2) is 4.57 Å². The van der Waals surface area contributed by atoms with Gasteiger partial charge in [0.1, 0.15) is 5.75 Å². The first-order valence-corrected chi connectivity index (χ1v) is 12.3. The smallest absolute Gasteiger partial charge is 0.469 e. The topological polar surface area (TPSA) is 122 Å². The number of hydrogen-bond acceptors (Lipinski definition) is 5. The molecule has 0 aliphatic heterocycles.